The number of ether oxygens (including phenoxy) is 1. The lowest BCUT2D eigenvalue weighted by molar-refractivity contribution is -0.131. The summed E-state index contributed by atoms with van der Waals surface area (Å²) in [4.78, 5) is 28.7. The number of benzene rings is 2. The predicted molar refractivity (Wildman–Crippen MR) is 109 cm³/mol. The molecule has 3 saturated heterocycles. The van der Waals surface area contributed by atoms with E-state index in [9.17, 15) is 9.59 Å². The number of nitrogens with zero attached hydrogens (tertiary/aromatic N) is 3. The summed E-state index contributed by atoms with van der Waals surface area (Å²) in [7, 11) is 0. The summed E-state index contributed by atoms with van der Waals surface area (Å²) in [5.74, 6) is 0.0470. The molecule has 2 aromatic rings. The fraction of sp³-hybridized carbons (Fsp3) is 0.391. The molecule has 29 heavy (non-hydrogen) atoms. The molecule has 150 valence electrons. The highest BCUT2D eigenvalue weighted by molar-refractivity contribution is 6.26. The Morgan fingerprint density at radius 1 is 1.03 bits per heavy atom. The Hall–Kier alpha value is -2.70. The van der Waals surface area contributed by atoms with E-state index in [1.165, 1.54) is 4.90 Å². The Kier molecular flexibility index (Phi) is 4.22. The highest BCUT2D eigenvalue weighted by Gasteiger charge is 2.70. The predicted octanol–water partition coefficient (Wildman–Crippen LogP) is 3.01. The third kappa shape index (κ3) is 2.49. The largest absolute Gasteiger partial charge is 0.494 e. The molecular formula is C23H25N3O3. The van der Waals surface area contributed by atoms with Gasteiger partial charge < -0.3 is 4.74 Å². The number of carbonyl (C=O) groups is 2. The van der Waals surface area contributed by atoms with E-state index >= 15 is 0 Å². The highest BCUT2D eigenvalue weighted by atomic mass is 16.5. The molecule has 5 rings (SSSR count). The first-order valence-electron chi connectivity index (χ1n) is 10.3. The molecular weight excluding hydrogens is 366 g/mol. The molecule has 0 aromatic heterocycles. The van der Waals surface area contributed by atoms with Gasteiger partial charge in [0.1, 0.15) is 11.3 Å². The van der Waals surface area contributed by atoms with Gasteiger partial charge in [0.05, 0.1) is 24.3 Å². The van der Waals surface area contributed by atoms with Crippen LogP contribution in [0, 0.1) is 5.92 Å². The summed E-state index contributed by atoms with van der Waals surface area (Å²) >= 11 is 0. The smallest absolute Gasteiger partial charge is 0.256 e. The molecule has 0 N–H and O–H groups in total. The second-order valence-electron chi connectivity index (χ2n) is 8.03. The van der Waals surface area contributed by atoms with E-state index in [0.29, 0.717) is 12.3 Å². The minimum absolute atomic E-state index is 0.118. The quantitative estimate of drug-likeness (QED) is 0.750. The number of fused-ring (bicyclic) bond motifs is 3. The van der Waals surface area contributed by atoms with Crippen LogP contribution in [0.2, 0.25) is 0 Å². The monoisotopic (exact) mass is 391 g/mol. The first kappa shape index (κ1) is 18.3. The molecule has 0 saturated carbocycles. The second-order valence-corrected chi connectivity index (χ2v) is 8.03. The standard InChI is InChI=1S/C23H25N3O3/c1-3-29-18-12-10-17(11-13-18)26-21(27)19-20(16-8-5-4-6-9-16)24-14-7-15-25(24)23(19,2)22(26)28/h4-6,8-13,19-20H,3,7,14-15H2,1-2H3/t19-,20-,23-/m1/s1. The minimum atomic E-state index is -0.854. The van der Waals surface area contributed by atoms with Gasteiger partial charge in [0.25, 0.3) is 5.91 Å². The molecule has 6 heteroatoms. The first-order valence-corrected chi connectivity index (χ1v) is 10.3. The molecule has 0 spiro atoms. The van der Waals surface area contributed by atoms with Crippen molar-refractivity contribution in [1.82, 2.24) is 10.0 Å². The number of hydrogen-bond acceptors (Lipinski definition) is 5. The van der Waals surface area contributed by atoms with E-state index < -0.39 is 11.5 Å². The van der Waals surface area contributed by atoms with Crippen LogP contribution in [-0.2, 0) is 9.59 Å². The fourth-order valence-electron chi connectivity index (χ4n) is 5.26. The van der Waals surface area contributed by atoms with Crippen molar-refractivity contribution in [2.75, 3.05) is 24.6 Å². The molecule has 6 nitrogen and oxygen atoms in total. The van der Waals surface area contributed by atoms with E-state index in [4.69, 9.17) is 4.74 Å². The van der Waals surface area contributed by atoms with Crippen molar-refractivity contribution in [2.24, 2.45) is 5.92 Å². The highest BCUT2D eigenvalue weighted by Crippen LogP contribution is 2.54. The molecule has 0 aliphatic carbocycles. The number of amides is 2. The minimum Gasteiger partial charge on any atom is -0.494 e. The molecule has 2 amide bonds. The normalized spacial score (nSPS) is 29.4. The van der Waals surface area contributed by atoms with Crippen molar-refractivity contribution in [3.05, 3.63) is 60.2 Å². The molecule has 3 fully saturated rings. The van der Waals surface area contributed by atoms with Gasteiger partial charge in [0.15, 0.2) is 0 Å². The summed E-state index contributed by atoms with van der Waals surface area (Å²) in [6, 6.07) is 17.2. The zero-order valence-corrected chi connectivity index (χ0v) is 16.7. The molecule has 3 heterocycles. The van der Waals surface area contributed by atoms with Crippen molar-refractivity contribution in [3.63, 3.8) is 0 Å². The SMILES string of the molecule is CCOc1ccc(N2C(=O)[C@H]3[C@@H](c4ccccc4)N4CCCN4[C@@]3(C)C2=O)cc1. The maximum Gasteiger partial charge on any atom is 0.256 e. The Morgan fingerprint density at radius 3 is 2.45 bits per heavy atom. The third-order valence-electron chi connectivity index (χ3n) is 6.52. The molecule has 3 atom stereocenters. The van der Waals surface area contributed by atoms with E-state index in [0.717, 1.165) is 30.8 Å². The number of hydrazine groups is 1. The Balaban J connectivity index is 1.57. The summed E-state index contributed by atoms with van der Waals surface area (Å²) in [5, 5.41) is 4.38. The summed E-state index contributed by atoms with van der Waals surface area (Å²) in [6.07, 6.45) is 0.996. The number of anilines is 1. The van der Waals surface area contributed by atoms with Crippen LogP contribution in [0.5, 0.6) is 5.75 Å². The summed E-state index contributed by atoms with van der Waals surface area (Å²) < 4.78 is 5.50. The maximum absolute atomic E-state index is 13.7. The number of rotatable bonds is 4. The Morgan fingerprint density at radius 2 is 1.76 bits per heavy atom. The van der Waals surface area contributed by atoms with Crippen LogP contribution in [0.15, 0.2) is 54.6 Å². The fourth-order valence-corrected chi connectivity index (χ4v) is 5.26. The van der Waals surface area contributed by atoms with Gasteiger partial charge >= 0.3 is 0 Å². The molecule has 0 bridgehead atoms. The molecule has 3 aliphatic heterocycles. The van der Waals surface area contributed by atoms with Crippen LogP contribution in [0.1, 0.15) is 31.9 Å². The molecule has 2 aromatic carbocycles. The topological polar surface area (TPSA) is 53.1 Å². The van der Waals surface area contributed by atoms with Gasteiger partial charge in [-0.15, -0.1) is 0 Å². The van der Waals surface area contributed by atoms with Gasteiger partial charge in [-0.25, -0.2) is 14.9 Å². The van der Waals surface area contributed by atoms with Crippen molar-refractivity contribution >= 4 is 17.5 Å². The van der Waals surface area contributed by atoms with E-state index in [1.54, 1.807) is 12.1 Å². The second kappa shape index (κ2) is 6.68. The number of imide groups is 1. The van der Waals surface area contributed by atoms with Crippen LogP contribution in [0.25, 0.3) is 0 Å². The van der Waals surface area contributed by atoms with E-state index in [-0.39, 0.29) is 17.9 Å². The first-order chi connectivity index (χ1) is 14.1. The molecule has 0 radical (unpaired) electrons. The number of carbonyl (C=O) groups excluding carboxylic acids is 2. The average Bonchev–Trinajstić information content (AvgIpc) is 3.36. The molecule has 0 unspecified atom stereocenters. The summed E-state index contributed by atoms with van der Waals surface area (Å²) in [6.45, 7) is 6.11. The lowest BCUT2D eigenvalue weighted by Gasteiger charge is -2.33. The van der Waals surface area contributed by atoms with Crippen molar-refractivity contribution < 1.29 is 14.3 Å². The van der Waals surface area contributed by atoms with Crippen LogP contribution in [-0.4, -0.2) is 47.1 Å². The van der Waals surface area contributed by atoms with Crippen LogP contribution < -0.4 is 9.64 Å². The van der Waals surface area contributed by atoms with Gasteiger partial charge in [-0.05, 0) is 50.1 Å². The van der Waals surface area contributed by atoms with Gasteiger partial charge in [0, 0.05) is 13.1 Å². The van der Waals surface area contributed by atoms with Gasteiger partial charge in [-0.3, -0.25) is 9.59 Å². The van der Waals surface area contributed by atoms with Gasteiger partial charge in [-0.2, -0.15) is 0 Å². The van der Waals surface area contributed by atoms with Crippen molar-refractivity contribution in [3.8, 4) is 5.75 Å². The lowest BCUT2D eigenvalue weighted by Crippen LogP contribution is -2.52. The lowest BCUT2D eigenvalue weighted by atomic mass is 9.81. The van der Waals surface area contributed by atoms with Crippen molar-refractivity contribution in [2.45, 2.75) is 31.8 Å². The van der Waals surface area contributed by atoms with E-state index in [2.05, 4.69) is 22.2 Å². The third-order valence-corrected chi connectivity index (χ3v) is 6.52. The zero-order chi connectivity index (χ0) is 20.2. The van der Waals surface area contributed by atoms with Crippen LogP contribution in [0.4, 0.5) is 5.69 Å². The van der Waals surface area contributed by atoms with Gasteiger partial charge in [0.2, 0.25) is 5.91 Å². The Labute approximate surface area is 170 Å². The van der Waals surface area contributed by atoms with E-state index in [1.807, 2.05) is 44.2 Å². The van der Waals surface area contributed by atoms with Crippen molar-refractivity contribution in [1.29, 1.82) is 0 Å². The zero-order valence-electron chi connectivity index (χ0n) is 16.7. The summed E-state index contributed by atoms with van der Waals surface area (Å²) in [5.41, 5.74) is 0.839. The Bertz CT molecular complexity index is 946. The molecule has 3 aliphatic rings. The average molecular weight is 391 g/mol. The maximum atomic E-state index is 13.7. The van der Waals surface area contributed by atoms with Crippen LogP contribution >= 0.6 is 0 Å². The van der Waals surface area contributed by atoms with Gasteiger partial charge in [-0.1, -0.05) is 30.3 Å². The van der Waals surface area contributed by atoms with Crippen LogP contribution in [0.3, 0.4) is 0 Å². The number of hydrogen-bond donors (Lipinski definition) is 0.